The Morgan fingerprint density at radius 3 is 2.35 bits per heavy atom. The number of benzene rings is 2. The van der Waals surface area contributed by atoms with Crippen LogP contribution in [0.3, 0.4) is 0 Å². The standard InChI is InChI=1S/C19H21BrN2O3S/c1-12(2)26-17-9-7-14(8-10-17)19(24)22-21-18(23)13(3)25-16-6-4-5-15(20)11-16/h4-13H,1-3H3,(H,21,23)(H,22,24). The van der Waals surface area contributed by atoms with Gasteiger partial charge in [-0.3, -0.25) is 20.4 Å². The molecular weight excluding hydrogens is 416 g/mol. The summed E-state index contributed by atoms with van der Waals surface area (Å²) in [5, 5.41) is 0.473. The van der Waals surface area contributed by atoms with Gasteiger partial charge in [0.25, 0.3) is 11.8 Å². The van der Waals surface area contributed by atoms with Gasteiger partial charge in [-0.25, -0.2) is 0 Å². The van der Waals surface area contributed by atoms with Gasteiger partial charge >= 0.3 is 0 Å². The van der Waals surface area contributed by atoms with E-state index in [9.17, 15) is 9.59 Å². The molecule has 5 nitrogen and oxygen atoms in total. The van der Waals surface area contributed by atoms with Gasteiger partial charge in [0.1, 0.15) is 5.75 Å². The highest BCUT2D eigenvalue weighted by Gasteiger charge is 2.16. The summed E-state index contributed by atoms with van der Waals surface area (Å²) in [5.41, 5.74) is 5.26. The molecule has 0 saturated heterocycles. The van der Waals surface area contributed by atoms with Crippen molar-refractivity contribution in [2.45, 2.75) is 37.0 Å². The lowest BCUT2D eigenvalue weighted by atomic mass is 10.2. The van der Waals surface area contributed by atoms with Gasteiger partial charge in [-0.15, -0.1) is 11.8 Å². The van der Waals surface area contributed by atoms with E-state index in [1.807, 2.05) is 24.3 Å². The van der Waals surface area contributed by atoms with E-state index in [1.54, 1.807) is 43.0 Å². The highest BCUT2D eigenvalue weighted by molar-refractivity contribution is 9.10. The third kappa shape index (κ3) is 6.38. The lowest BCUT2D eigenvalue weighted by Gasteiger charge is -2.15. The average molecular weight is 437 g/mol. The van der Waals surface area contributed by atoms with Crippen molar-refractivity contribution in [1.29, 1.82) is 0 Å². The summed E-state index contributed by atoms with van der Waals surface area (Å²) in [5.74, 6) is -0.258. The minimum Gasteiger partial charge on any atom is -0.481 e. The molecule has 26 heavy (non-hydrogen) atoms. The van der Waals surface area contributed by atoms with Crippen LogP contribution in [-0.4, -0.2) is 23.2 Å². The maximum atomic E-state index is 12.1. The SMILES string of the molecule is CC(C)Sc1ccc(C(=O)NNC(=O)C(C)Oc2cccc(Br)c2)cc1. The molecule has 2 amide bonds. The van der Waals surface area contributed by atoms with Crippen LogP contribution in [0.25, 0.3) is 0 Å². The largest absolute Gasteiger partial charge is 0.481 e. The van der Waals surface area contributed by atoms with Gasteiger partial charge in [0, 0.05) is 20.2 Å². The number of thioether (sulfide) groups is 1. The number of hydrogen-bond donors (Lipinski definition) is 2. The van der Waals surface area contributed by atoms with E-state index in [4.69, 9.17) is 4.74 Å². The molecule has 0 aliphatic carbocycles. The van der Waals surface area contributed by atoms with E-state index in [-0.39, 0.29) is 5.91 Å². The van der Waals surface area contributed by atoms with Gasteiger partial charge < -0.3 is 4.74 Å². The first-order valence-electron chi connectivity index (χ1n) is 8.14. The summed E-state index contributed by atoms with van der Waals surface area (Å²) in [6.45, 7) is 5.83. The molecular formula is C19H21BrN2O3S. The third-order valence-electron chi connectivity index (χ3n) is 3.27. The zero-order valence-corrected chi connectivity index (χ0v) is 17.2. The molecule has 0 aliphatic heterocycles. The number of carbonyl (C=O) groups excluding carboxylic acids is 2. The zero-order valence-electron chi connectivity index (χ0n) is 14.8. The highest BCUT2D eigenvalue weighted by Crippen LogP contribution is 2.22. The average Bonchev–Trinajstić information content (AvgIpc) is 2.59. The van der Waals surface area contributed by atoms with Crippen molar-refractivity contribution in [1.82, 2.24) is 10.9 Å². The van der Waals surface area contributed by atoms with Gasteiger partial charge in [0.2, 0.25) is 0 Å². The van der Waals surface area contributed by atoms with Gasteiger partial charge in [-0.05, 0) is 49.4 Å². The van der Waals surface area contributed by atoms with E-state index in [0.29, 0.717) is 16.6 Å². The van der Waals surface area contributed by atoms with Crippen LogP contribution in [0.4, 0.5) is 0 Å². The predicted molar refractivity (Wildman–Crippen MR) is 107 cm³/mol. The van der Waals surface area contributed by atoms with E-state index in [0.717, 1.165) is 9.37 Å². The molecule has 2 N–H and O–H groups in total. The van der Waals surface area contributed by atoms with Crippen LogP contribution >= 0.6 is 27.7 Å². The van der Waals surface area contributed by atoms with E-state index >= 15 is 0 Å². The first-order valence-corrected chi connectivity index (χ1v) is 9.81. The predicted octanol–water partition coefficient (Wildman–Crippen LogP) is 4.18. The Bertz CT molecular complexity index is 766. The number of amides is 2. The zero-order chi connectivity index (χ0) is 19.1. The van der Waals surface area contributed by atoms with Crippen LogP contribution in [0.15, 0.2) is 57.9 Å². The summed E-state index contributed by atoms with van der Waals surface area (Å²) in [7, 11) is 0. The van der Waals surface area contributed by atoms with Crippen LogP contribution in [0, 0.1) is 0 Å². The first kappa shape index (κ1) is 20.3. The Hall–Kier alpha value is -1.99. The Morgan fingerprint density at radius 1 is 1.04 bits per heavy atom. The fourth-order valence-electron chi connectivity index (χ4n) is 2.05. The van der Waals surface area contributed by atoms with Crippen LogP contribution in [0.5, 0.6) is 5.75 Å². The number of rotatable bonds is 6. The van der Waals surface area contributed by atoms with Crippen LogP contribution < -0.4 is 15.6 Å². The number of nitrogens with one attached hydrogen (secondary N) is 2. The molecule has 2 aromatic rings. The molecule has 2 aromatic carbocycles. The molecule has 0 saturated carbocycles. The summed E-state index contributed by atoms with van der Waals surface area (Å²) < 4.78 is 6.41. The van der Waals surface area contributed by atoms with Crippen LogP contribution in [-0.2, 0) is 4.79 Å². The smallest absolute Gasteiger partial charge is 0.279 e. The molecule has 0 aliphatic rings. The van der Waals surface area contributed by atoms with Gasteiger partial charge in [-0.1, -0.05) is 35.8 Å². The first-order chi connectivity index (χ1) is 12.3. The minimum absolute atomic E-state index is 0.380. The van der Waals surface area contributed by atoms with E-state index in [1.165, 1.54) is 0 Å². The van der Waals surface area contributed by atoms with Gasteiger partial charge in [0.05, 0.1) is 0 Å². The van der Waals surface area contributed by atoms with Crippen molar-refractivity contribution in [2.24, 2.45) is 0 Å². The number of hydrazine groups is 1. The Labute approximate surface area is 166 Å². The molecule has 138 valence electrons. The fourth-order valence-corrected chi connectivity index (χ4v) is 3.26. The summed E-state index contributed by atoms with van der Waals surface area (Å²) in [6, 6.07) is 14.4. The summed E-state index contributed by atoms with van der Waals surface area (Å²) in [4.78, 5) is 25.3. The van der Waals surface area contributed by atoms with Gasteiger partial charge in [-0.2, -0.15) is 0 Å². The van der Waals surface area contributed by atoms with Crippen molar-refractivity contribution in [3.05, 3.63) is 58.6 Å². The molecule has 0 radical (unpaired) electrons. The second-order valence-corrected chi connectivity index (χ2v) is 8.42. The maximum Gasteiger partial charge on any atom is 0.279 e. The molecule has 0 bridgehead atoms. The van der Waals surface area contributed by atoms with Crippen molar-refractivity contribution in [2.75, 3.05) is 0 Å². The molecule has 0 spiro atoms. The topological polar surface area (TPSA) is 67.4 Å². The quantitative estimate of drug-likeness (QED) is 0.526. The van der Waals surface area contributed by atoms with Crippen molar-refractivity contribution >= 4 is 39.5 Å². The molecule has 0 fully saturated rings. The lowest BCUT2D eigenvalue weighted by Crippen LogP contribution is -2.47. The summed E-state index contributed by atoms with van der Waals surface area (Å²) >= 11 is 5.07. The summed E-state index contributed by atoms with van der Waals surface area (Å²) in [6.07, 6.45) is -0.755. The second-order valence-electron chi connectivity index (χ2n) is 5.85. The molecule has 2 rings (SSSR count). The third-order valence-corrected chi connectivity index (χ3v) is 4.77. The van der Waals surface area contributed by atoms with E-state index in [2.05, 4.69) is 40.6 Å². The van der Waals surface area contributed by atoms with Gasteiger partial charge in [0.15, 0.2) is 6.10 Å². The van der Waals surface area contributed by atoms with Crippen molar-refractivity contribution < 1.29 is 14.3 Å². The fraction of sp³-hybridized carbons (Fsp3) is 0.263. The maximum absolute atomic E-state index is 12.1. The van der Waals surface area contributed by atoms with Crippen molar-refractivity contribution in [3.8, 4) is 5.75 Å². The number of carbonyl (C=O) groups is 2. The van der Waals surface area contributed by atoms with Crippen molar-refractivity contribution in [3.63, 3.8) is 0 Å². The minimum atomic E-state index is -0.755. The molecule has 1 unspecified atom stereocenters. The number of halogens is 1. The molecule has 0 heterocycles. The Morgan fingerprint density at radius 2 is 1.73 bits per heavy atom. The van der Waals surface area contributed by atoms with E-state index < -0.39 is 12.0 Å². The number of hydrogen-bond acceptors (Lipinski definition) is 4. The molecule has 0 aromatic heterocycles. The Kier molecular flexibility index (Phi) is 7.53. The number of ether oxygens (including phenoxy) is 1. The Balaban J connectivity index is 1.84. The highest BCUT2D eigenvalue weighted by atomic mass is 79.9. The van der Waals surface area contributed by atoms with Crippen LogP contribution in [0.1, 0.15) is 31.1 Å². The lowest BCUT2D eigenvalue weighted by molar-refractivity contribution is -0.128. The molecule has 7 heteroatoms. The second kappa shape index (κ2) is 9.64. The normalized spacial score (nSPS) is 11.7. The molecule has 1 atom stereocenters. The monoisotopic (exact) mass is 436 g/mol. The van der Waals surface area contributed by atoms with Crippen LogP contribution in [0.2, 0.25) is 0 Å².